The summed E-state index contributed by atoms with van der Waals surface area (Å²) in [5.74, 6) is 3.20. The lowest BCUT2D eigenvalue weighted by Crippen LogP contribution is -2.18. The Morgan fingerprint density at radius 2 is 0.571 bits per heavy atom. The van der Waals surface area contributed by atoms with Crippen LogP contribution in [0.1, 0.15) is 25.0 Å². The molecule has 12 aromatic carbocycles. The third kappa shape index (κ3) is 8.82. The number of hydrogen-bond acceptors (Lipinski definition) is 8. The van der Waals surface area contributed by atoms with Crippen molar-refractivity contribution < 1.29 is 0 Å². The van der Waals surface area contributed by atoms with Gasteiger partial charge in [-0.2, -0.15) is 0 Å². The third-order valence-corrected chi connectivity index (χ3v) is 18.3. The van der Waals surface area contributed by atoms with Crippen LogP contribution in [0.5, 0.6) is 0 Å². The van der Waals surface area contributed by atoms with E-state index in [4.69, 9.17) is 19.9 Å². The quantitative estimate of drug-likeness (QED) is 0.0886. The summed E-state index contributed by atoms with van der Waals surface area (Å²) in [4.78, 5) is 30.2. The Labute approximate surface area is 527 Å². The second kappa shape index (κ2) is 21.7. The Morgan fingerprint density at radius 1 is 0.242 bits per heavy atom. The van der Waals surface area contributed by atoms with Gasteiger partial charge in [-0.25, -0.2) is 19.9 Å². The molecule has 0 amide bonds. The molecule has 0 bridgehead atoms. The topological polar surface area (TPSA) is 64.5 Å². The molecule has 4 aromatic heterocycles. The Hall–Kier alpha value is -12.0. The van der Waals surface area contributed by atoms with Crippen molar-refractivity contribution >= 4 is 133 Å². The van der Waals surface area contributed by atoms with E-state index in [9.17, 15) is 0 Å². The van der Waals surface area contributed by atoms with Gasteiger partial charge >= 0.3 is 0 Å². The molecule has 0 radical (unpaired) electrons. The summed E-state index contributed by atoms with van der Waals surface area (Å²) in [6.45, 7) is 4.78. The molecule has 430 valence electrons. The van der Waals surface area contributed by atoms with Crippen molar-refractivity contribution in [2.45, 2.75) is 19.3 Å². The second-order valence-corrected chi connectivity index (χ2v) is 23.8. The number of nitrogens with zero attached hydrogens (tertiary/aromatic N) is 8. The molecule has 8 heteroatoms. The maximum Gasteiger partial charge on any atom is 0.137 e. The maximum absolute atomic E-state index is 5.33. The van der Waals surface area contributed by atoms with Crippen molar-refractivity contribution in [3.63, 3.8) is 0 Å². The van der Waals surface area contributed by atoms with E-state index in [1.807, 2.05) is 49.1 Å². The first-order chi connectivity index (χ1) is 44.9. The minimum atomic E-state index is -0.493. The van der Waals surface area contributed by atoms with E-state index in [1.54, 1.807) is 0 Å². The number of pyridine rings is 4. The van der Waals surface area contributed by atoms with E-state index in [1.165, 1.54) is 16.7 Å². The molecule has 8 nitrogen and oxygen atoms in total. The van der Waals surface area contributed by atoms with Gasteiger partial charge in [0.25, 0.3) is 0 Å². The Balaban J connectivity index is 1.03. The van der Waals surface area contributed by atoms with Gasteiger partial charge in [-0.3, -0.25) is 19.6 Å². The van der Waals surface area contributed by atoms with Crippen LogP contribution < -0.4 is 19.6 Å². The first kappa shape index (κ1) is 53.3. The lowest BCUT2D eigenvalue weighted by molar-refractivity contribution is 0.661. The summed E-state index contributed by atoms with van der Waals surface area (Å²) in [7, 11) is 0. The van der Waals surface area contributed by atoms with E-state index in [0.29, 0.717) is 0 Å². The van der Waals surface area contributed by atoms with Gasteiger partial charge in [-0.05, 0) is 153 Å². The van der Waals surface area contributed by atoms with Crippen LogP contribution in [0, 0.1) is 0 Å². The summed E-state index contributed by atoms with van der Waals surface area (Å²) in [5, 5.41) is 13.1. The first-order valence-electron chi connectivity index (χ1n) is 30.9. The van der Waals surface area contributed by atoms with Gasteiger partial charge in [-0.1, -0.05) is 196 Å². The standard InChI is InChI=1S/C83H58N8/c1-83(2)71-52-60(89(78-40-12-16-48-85-78)74-36-20-28-56-24-4-8-32-62(56)74)43-45-65(71)67-53-69-70(54-72(67)83)81(90(79-41-13-17-49-86-79)75-37-21-29-57-25-5-9-33-63(57)75)66-46-44-59(88(77-39-11-15-47-84-77)73-35-19-27-55-23-3-7-31-61(55)73)51-68(66)82(69)91(80-42-14-18-50-87-80)76-38-22-30-58-26-6-10-34-64(58)76/h3-54H,1-2H3. The fraction of sp³-hybridized carbons (Fsp3) is 0.0361. The van der Waals surface area contributed by atoms with E-state index in [-0.39, 0.29) is 0 Å². The van der Waals surface area contributed by atoms with E-state index in [2.05, 4.69) is 300 Å². The monoisotopic (exact) mass is 1170 g/mol. The molecule has 0 spiro atoms. The van der Waals surface area contributed by atoms with Crippen molar-refractivity contribution in [1.29, 1.82) is 0 Å². The summed E-state index contributed by atoms with van der Waals surface area (Å²) >= 11 is 0. The number of aromatic nitrogens is 4. The van der Waals surface area contributed by atoms with Crippen molar-refractivity contribution in [3.05, 3.63) is 327 Å². The second-order valence-electron chi connectivity index (χ2n) is 23.8. The van der Waals surface area contributed by atoms with Gasteiger partial charge in [0.05, 0.1) is 34.1 Å². The Bertz CT molecular complexity index is 5470. The highest BCUT2D eigenvalue weighted by atomic mass is 15.2. The van der Waals surface area contributed by atoms with Crippen LogP contribution in [0.3, 0.4) is 0 Å². The minimum Gasteiger partial charge on any atom is -0.294 e. The fourth-order valence-corrected chi connectivity index (χ4v) is 14.2. The summed E-state index contributed by atoms with van der Waals surface area (Å²) in [6.07, 6.45) is 7.58. The highest BCUT2D eigenvalue weighted by Crippen LogP contribution is 2.58. The number of rotatable bonds is 12. The smallest absolute Gasteiger partial charge is 0.137 e. The zero-order valence-electron chi connectivity index (χ0n) is 50.1. The lowest BCUT2D eigenvalue weighted by Gasteiger charge is -2.34. The molecular formula is C83H58N8. The molecule has 0 aliphatic heterocycles. The largest absolute Gasteiger partial charge is 0.294 e. The van der Waals surface area contributed by atoms with Crippen LogP contribution in [0.15, 0.2) is 316 Å². The maximum atomic E-state index is 5.33. The van der Waals surface area contributed by atoms with Gasteiger partial charge in [0.1, 0.15) is 23.3 Å². The van der Waals surface area contributed by atoms with Crippen LogP contribution >= 0.6 is 0 Å². The van der Waals surface area contributed by atoms with Crippen molar-refractivity contribution in [1.82, 2.24) is 19.9 Å². The predicted octanol–water partition coefficient (Wildman–Crippen LogP) is 22.4. The van der Waals surface area contributed by atoms with Crippen LogP contribution in [-0.2, 0) is 5.41 Å². The molecule has 17 rings (SSSR count). The minimum absolute atomic E-state index is 0.493. The van der Waals surface area contributed by atoms with Crippen LogP contribution in [0.25, 0.3) is 75.8 Å². The predicted molar refractivity (Wildman–Crippen MR) is 379 cm³/mol. The highest BCUT2D eigenvalue weighted by molar-refractivity contribution is 6.26. The van der Waals surface area contributed by atoms with Crippen molar-refractivity contribution in [2.24, 2.45) is 0 Å². The van der Waals surface area contributed by atoms with E-state index < -0.39 is 5.41 Å². The molecule has 0 unspecified atom stereocenters. The van der Waals surface area contributed by atoms with E-state index >= 15 is 0 Å². The van der Waals surface area contributed by atoms with Gasteiger partial charge in [0.2, 0.25) is 0 Å². The Kier molecular flexibility index (Phi) is 12.7. The van der Waals surface area contributed by atoms with Crippen molar-refractivity contribution in [2.75, 3.05) is 19.6 Å². The van der Waals surface area contributed by atoms with Crippen molar-refractivity contribution in [3.8, 4) is 11.1 Å². The number of benzene rings is 12. The van der Waals surface area contributed by atoms with E-state index in [0.717, 1.165) is 139 Å². The molecule has 4 heterocycles. The third-order valence-electron chi connectivity index (χ3n) is 18.3. The zero-order chi connectivity index (χ0) is 60.6. The summed E-state index contributed by atoms with van der Waals surface area (Å²) < 4.78 is 0. The molecule has 0 fully saturated rings. The number of hydrogen-bond donors (Lipinski definition) is 0. The van der Waals surface area contributed by atoms with Gasteiger partial charge < -0.3 is 0 Å². The molecular weight excluding hydrogens is 1110 g/mol. The zero-order valence-corrected chi connectivity index (χ0v) is 50.1. The summed E-state index contributed by atoms with van der Waals surface area (Å²) in [6, 6.07) is 105. The molecule has 0 saturated carbocycles. The van der Waals surface area contributed by atoms with Crippen LogP contribution in [0.2, 0.25) is 0 Å². The molecule has 0 N–H and O–H groups in total. The van der Waals surface area contributed by atoms with Crippen LogP contribution in [0.4, 0.5) is 68.8 Å². The van der Waals surface area contributed by atoms with Gasteiger partial charge in [0, 0.05) is 84.7 Å². The number of fused-ring (bicyclic) bond motifs is 9. The fourth-order valence-electron chi connectivity index (χ4n) is 14.2. The first-order valence-corrected chi connectivity index (χ1v) is 30.9. The number of anilines is 12. The van der Waals surface area contributed by atoms with Crippen LogP contribution in [-0.4, -0.2) is 19.9 Å². The highest BCUT2D eigenvalue weighted by Gasteiger charge is 2.39. The Morgan fingerprint density at radius 3 is 1.00 bits per heavy atom. The molecule has 1 aliphatic carbocycles. The molecule has 0 atom stereocenters. The van der Waals surface area contributed by atoms with Gasteiger partial charge in [0.15, 0.2) is 0 Å². The molecule has 91 heavy (non-hydrogen) atoms. The normalized spacial score (nSPS) is 12.4. The lowest BCUT2D eigenvalue weighted by atomic mass is 9.81. The molecule has 16 aromatic rings. The summed E-state index contributed by atoms with van der Waals surface area (Å²) in [5.41, 5.74) is 12.3. The molecule has 1 aliphatic rings. The average Bonchev–Trinajstić information content (AvgIpc) is 1.88. The molecule has 0 saturated heterocycles. The SMILES string of the molecule is CC1(C)c2cc(N(c3ccccn3)c3cccc4ccccc34)ccc2-c2cc3c(N(c4ccccn4)c4cccc5ccccc45)c4cc(N(c5ccccn5)c5cccc6ccccc56)ccc4c(N(c4ccccn4)c4cccc5ccccc45)c3cc21. The van der Waals surface area contributed by atoms with Gasteiger partial charge in [-0.15, -0.1) is 0 Å². The average molecular weight is 1170 g/mol.